The maximum Gasteiger partial charge on any atom is 0.214 e. The Labute approximate surface area is 148 Å². The molecule has 1 aromatic carbocycles. The molecule has 0 amide bonds. The summed E-state index contributed by atoms with van der Waals surface area (Å²) in [6.07, 6.45) is 3.42. The van der Waals surface area contributed by atoms with Crippen molar-refractivity contribution < 1.29 is 12.8 Å². The Bertz CT molecular complexity index is 824. The van der Waals surface area contributed by atoms with Crippen LogP contribution in [0.15, 0.2) is 30.3 Å². The molecule has 5 nitrogen and oxygen atoms in total. The molecule has 0 atom stereocenters. The summed E-state index contributed by atoms with van der Waals surface area (Å²) in [5, 5.41) is 6.95. The summed E-state index contributed by atoms with van der Waals surface area (Å²) in [6, 6.07) is 8.37. The number of hydrogen-bond acceptors (Lipinski definition) is 3. The van der Waals surface area contributed by atoms with Crippen molar-refractivity contribution in [2.45, 2.75) is 56.7 Å². The fourth-order valence-electron chi connectivity index (χ4n) is 3.23. The minimum atomic E-state index is -3.22. The summed E-state index contributed by atoms with van der Waals surface area (Å²) in [5.74, 6) is 0.0506. The number of halogens is 1. The van der Waals surface area contributed by atoms with E-state index in [1.54, 1.807) is 19.9 Å². The Morgan fingerprint density at radius 1 is 1.20 bits per heavy atom. The Morgan fingerprint density at radius 2 is 1.92 bits per heavy atom. The highest BCUT2D eigenvalue weighted by atomic mass is 32.2. The van der Waals surface area contributed by atoms with Crippen LogP contribution < -0.4 is 4.72 Å². The van der Waals surface area contributed by atoms with Crippen LogP contribution in [0.25, 0.3) is 11.3 Å². The number of nitrogens with one attached hydrogen (secondary N) is 2. The topological polar surface area (TPSA) is 74.8 Å². The third kappa shape index (κ3) is 4.27. The van der Waals surface area contributed by atoms with Crippen LogP contribution in [0, 0.1) is 5.82 Å². The smallest absolute Gasteiger partial charge is 0.214 e. The van der Waals surface area contributed by atoms with Crippen molar-refractivity contribution in [3.8, 4) is 11.3 Å². The van der Waals surface area contributed by atoms with Gasteiger partial charge in [-0.25, -0.2) is 17.5 Å². The molecule has 0 radical (unpaired) electrons. The molecular formula is C18H24FN3O2S. The van der Waals surface area contributed by atoms with E-state index in [2.05, 4.69) is 14.9 Å². The van der Waals surface area contributed by atoms with Gasteiger partial charge >= 0.3 is 0 Å². The van der Waals surface area contributed by atoms with Crippen molar-refractivity contribution >= 4 is 10.0 Å². The third-order valence-electron chi connectivity index (χ3n) is 4.84. The summed E-state index contributed by atoms with van der Waals surface area (Å²) < 4.78 is 40.1. The molecule has 2 N–H and O–H groups in total. The van der Waals surface area contributed by atoms with Crippen LogP contribution in [0.1, 0.15) is 51.1 Å². The van der Waals surface area contributed by atoms with E-state index >= 15 is 0 Å². The second-order valence-electron chi connectivity index (χ2n) is 6.98. The van der Waals surface area contributed by atoms with Crippen molar-refractivity contribution in [1.29, 1.82) is 0 Å². The second kappa shape index (κ2) is 7.25. The van der Waals surface area contributed by atoms with E-state index in [9.17, 15) is 12.8 Å². The van der Waals surface area contributed by atoms with Gasteiger partial charge in [0.2, 0.25) is 10.0 Å². The lowest BCUT2D eigenvalue weighted by Gasteiger charge is -2.28. The normalized spacial score (nSPS) is 21.6. The van der Waals surface area contributed by atoms with E-state index in [1.807, 2.05) is 12.1 Å². The van der Waals surface area contributed by atoms with Gasteiger partial charge in [-0.2, -0.15) is 5.10 Å². The van der Waals surface area contributed by atoms with E-state index in [1.165, 1.54) is 12.1 Å². The van der Waals surface area contributed by atoms with Crippen LogP contribution in [-0.4, -0.2) is 29.9 Å². The van der Waals surface area contributed by atoms with Crippen LogP contribution in [0.4, 0.5) is 4.39 Å². The van der Waals surface area contributed by atoms with Crippen molar-refractivity contribution in [2.75, 3.05) is 0 Å². The highest BCUT2D eigenvalue weighted by molar-refractivity contribution is 7.90. The molecule has 1 fully saturated rings. The number of nitrogens with zero attached hydrogens (tertiary/aromatic N) is 1. The lowest BCUT2D eigenvalue weighted by molar-refractivity contribution is 0.369. The minimum Gasteiger partial charge on any atom is -0.282 e. The van der Waals surface area contributed by atoms with Gasteiger partial charge in [-0.1, -0.05) is 12.1 Å². The predicted molar refractivity (Wildman–Crippen MR) is 96.2 cm³/mol. The molecule has 0 spiro atoms. The third-order valence-corrected chi connectivity index (χ3v) is 6.74. The molecule has 1 aliphatic rings. The number of aromatic nitrogens is 2. The molecular weight excluding hydrogens is 341 g/mol. The largest absolute Gasteiger partial charge is 0.282 e. The summed E-state index contributed by atoms with van der Waals surface area (Å²) in [5.41, 5.74) is 2.52. The summed E-state index contributed by atoms with van der Waals surface area (Å²) in [7, 11) is -3.22. The van der Waals surface area contributed by atoms with Gasteiger partial charge in [0.15, 0.2) is 0 Å². The van der Waals surface area contributed by atoms with Crippen molar-refractivity contribution in [3.63, 3.8) is 0 Å². The Hall–Kier alpha value is -1.73. The van der Waals surface area contributed by atoms with E-state index in [4.69, 9.17) is 0 Å². The molecule has 1 aliphatic carbocycles. The number of aromatic amines is 1. The maximum atomic E-state index is 13.4. The molecule has 25 heavy (non-hydrogen) atoms. The quantitative estimate of drug-likeness (QED) is 0.850. The number of rotatable bonds is 5. The van der Waals surface area contributed by atoms with Gasteiger partial charge in [0.05, 0.1) is 10.9 Å². The number of hydrogen-bond donors (Lipinski definition) is 2. The standard InChI is InChI=1S/C18H24FN3O2S/c1-12(2)25(23,24)22-16-8-6-13(7-9-16)17-11-18(21-20-17)14-4-3-5-15(19)10-14/h3-5,10-13,16,22H,6-9H2,1-2H3,(H,20,21)/t13-,16-. The predicted octanol–water partition coefficient (Wildman–Crippen LogP) is 3.57. The molecule has 0 saturated heterocycles. The molecule has 0 aliphatic heterocycles. The molecule has 136 valence electrons. The van der Waals surface area contributed by atoms with E-state index in [-0.39, 0.29) is 11.9 Å². The maximum absolute atomic E-state index is 13.4. The highest BCUT2D eigenvalue weighted by Gasteiger charge is 2.27. The first-order valence-corrected chi connectivity index (χ1v) is 10.2. The minimum absolute atomic E-state index is 0.00858. The average Bonchev–Trinajstić information content (AvgIpc) is 3.05. The van der Waals surface area contributed by atoms with Crippen LogP contribution in [0.5, 0.6) is 0 Å². The Morgan fingerprint density at radius 3 is 2.56 bits per heavy atom. The van der Waals surface area contributed by atoms with Gasteiger partial charge in [0.1, 0.15) is 5.82 Å². The van der Waals surface area contributed by atoms with Gasteiger partial charge in [-0.05, 0) is 57.7 Å². The summed E-state index contributed by atoms with van der Waals surface area (Å²) in [4.78, 5) is 0. The molecule has 2 aromatic rings. The van der Waals surface area contributed by atoms with Crippen molar-refractivity contribution in [3.05, 3.63) is 41.8 Å². The first-order chi connectivity index (χ1) is 11.8. The number of H-pyrrole nitrogens is 1. The molecule has 1 heterocycles. The molecule has 1 aromatic heterocycles. The van der Waals surface area contributed by atoms with Gasteiger partial charge in [0, 0.05) is 23.2 Å². The summed E-state index contributed by atoms with van der Waals surface area (Å²) >= 11 is 0. The van der Waals surface area contributed by atoms with Crippen molar-refractivity contribution in [2.24, 2.45) is 0 Å². The van der Waals surface area contributed by atoms with Crippen LogP contribution in [0.2, 0.25) is 0 Å². The number of benzene rings is 1. The van der Waals surface area contributed by atoms with E-state index < -0.39 is 15.3 Å². The molecule has 3 rings (SSSR count). The Kier molecular flexibility index (Phi) is 5.24. The average molecular weight is 365 g/mol. The molecule has 1 saturated carbocycles. The molecule has 7 heteroatoms. The zero-order valence-electron chi connectivity index (χ0n) is 14.5. The SMILES string of the molecule is CC(C)S(=O)(=O)N[C@H]1CC[C@H](c2cc(-c3cccc(F)c3)n[nH]2)CC1. The first-order valence-electron chi connectivity index (χ1n) is 8.67. The zero-order valence-corrected chi connectivity index (χ0v) is 15.3. The van der Waals surface area contributed by atoms with Gasteiger partial charge < -0.3 is 0 Å². The van der Waals surface area contributed by atoms with Gasteiger partial charge in [-0.3, -0.25) is 5.10 Å². The highest BCUT2D eigenvalue weighted by Crippen LogP contribution is 2.33. The monoisotopic (exact) mass is 365 g/mol. The fourth-order valence-corrected chi connectivity index (χ4v) is 4.20. The summed E-state index contributed by atoms with van der Waals surface area (Å²) in [6.45, 7) is 3.37. The zero-order chi connectivity index (χ0) is 18.0. The second-order valence-corrected chi connectivity index (χ2v) is 9.25. The van der Waals surface area contributed by atoms with E-state index in [0.717, 1.165) is 42.6 Å². The molecule has 0 unspecified atom stereocenters. The first kappa shape index (κ1) is 18.1. The van der Waals surface area contributed by atoms with Crippen molar-refractivity contribution in [1.82, 2.24) is 14.9 Å². The fraction of sp³-hybridized carbons (Fsp3) is 0.500. The van der Waals surface area contributed by atoms with E-state index in [0.29, 0.717) is 5.92 Å². The van der Waals surface area contributed by atoms with Gasteiger partial charge in [-0.15, -0.1) is 0 Å². The van der Waals surface area contributed by atoms with Crippen LogP contribution in [-0.2, 0) is 10.0 Å². The molecule has 0 bridgehead atoms. The van der Waals surface area contributed by atoms with Crippen LogP contribution in [0.3, 0.4) is 0 Å². The number of sulfonamides is 1. The van der Waals surface area contributed by atoms with Crippen LogP contribution >= 0.6 is 0 Å². The lowest BCUT2D eigenvalue weighted by Crippen LogP contribution is -2.40. The lowest BCUT2D eigenvalue weighted by atomic mass is 9.84. The Balaban J connectivity index is 1.62. The van der Waals surface area contributed by atoms with Gasteiger partial charge in [0.25, 0.3) is 0 Å².